The number of carboxylic acid groups (broad SMARTS) is 2. The van der Waals surface area contributed by atoms with Crippen molar-refractivity contribution in [1.29, 1.82) is 0 Å². The molecule has 5 rings (SSSR count). The molecule has 0 saturated heterocycles. The molecule has 1 aliphatic rings. The summed E-state index contributed by atoms with van der Waals surface area (Å²) in [7, 11) is -0.360. The smallest absolute Gasteiger partial charge is 0.414 e. The molecule has 0 spiro atoms. The van der Waals surface area contributed by atoms with Crippen molar-refractivity contribution in [2.24, 2.45) is 0 Å². The van der Waals surface area contributed by atoms with Crippen LogP contribution in [0.5, 0.6) is 17.2 Å². The van der Waals surface area contributed by atoms with Crippen LogP contribution in [0.2, 0.25) is 0 Å². The van der Waals surface area contributed by atoms with Crippen molar-refractivity contribution in [3.8, 4) is 17.2 Å². The van der Waals surface area contributed by atoms with Crippen LogP contribution in [0.15, 0.2) is 76.8 Å². The average molecular weight is 639 g/mol. The number of fused-ring (bicyclic) bond motifs is 2. The fourth-order valence-electron chi connectivity index (χ4n) is 5.26. The van der Waals surface area contributed by atoms with Gasteiger partial charge in [0.05, 0.1) is 31.2 Å². The van der Waals surface area contributed by atoms with E-state index in [1.54, 1.807) is 38.5 Å². The van der Waals surface area contributed by atoms with Gasteiger partial charge in [-0.2, -0.15) is 0 Å². The number of hydrogen-bond acceptors (Lipinski definition) is 8. The lowest BCUT2D eigenvalue weighted by Crippen LogP contribution is -2.32. The maximum Gasteiger partial charge on any atom is 0.414 e. The lowest BCUT2D eigenvalue weighted by atomic mass is 9.98. The molecule has 0 fully saturated rings. The monoisotopic (exact) mass is 638 g/mol. The predicted octanol–water partition coefficient (Wildman–Crippen LogP) is 4.90. The molecule has 2 aromatic carbocycles. The van der Waals surface area contributed by atoms with E-state index in [4.69, 9.17) is 34.0 Å². The molecular weight excluding hydrogens is 600 g/mol. The van der Waals surface area contributed by atoms with E-state index in [0.717, 1.165) is 49.5 Å². The Bertz CT molecular complexity index is 1750. The third-order valence-corrected chi connectivity index (χ3v) is 9.43. The number of hydrogen-bond donors (Lipinski definition) is 2. The van der Waals surface area contributed by atoms with Crippen LogP contribution >= 0.6 is 0 Å². The minimum atomic E-state index is -3.69. The van der Waals surface area contributed by atoms with Crippen LogP contribution in [0.25, 0.3) is 5.52 Å². The maximum atomic E-state index is 13.7. The Hall–Kier alpha value is -4.55. The van der Waals surface area contributed by atoms with Crippen LogP contribution < -0.4 is 14.2 Å². The molecule has 0 bridgehead atoms. The van der Waals surface area contributed by atoms with Crippen molar-refractivity contribution in [2.45, 2.75) is 48.9 Å². The highest BCUT2D eigenvalue weighted by molar-refractivity contribution is 7.91. The number of ether oxygens (including phenoxy) is 3. The lowest BCUT2D eigenvalue weighted by Gasteiger charge is -2.29. The molecule has 0 radical (unpaired) electrons. The van der Waals surface area contributed by atoms with Crippen molar-refractivity contribution in [2.75, 3.05) is 33.9 Å². The van der Waals surface area contributed by atoms with Gasteiger partial charge in [-0.15, -0.1) is 0 Å². The molecule has 0 saturated carbocycles. The largest absolute Gasteiger partial charge is 0.494 e. The summed E-state index contributed by atoms with van der Waals surface area (Å²) in [4.78, 5) is 21.3. The molecule has 12 heteroatoms. The molecule has 11 nitrogen and oxygen atoms in total. The summed E-state index contributed by atoms with van der Waals surface area (Å²) in [6.45, 7) is 7.36. The quantitative estimate of drug-likeness (QED) is 0.182. The van der Waals surface area contributed by atoms with Gasteiger partial charge in [0.1, 0.15) is 10.6 Å². The molecule has 2 aromatic heterocycles. The van der Waals surface area contributed by atoms with Crippen molar-refractivity contribution in [3.05, 3.63) is 83.7 Å². The van der Waals surface area contributed by atoms with E-state index in [-0.39, 0.29) is 10.8 Å². The topological polar surface area (TPSA) is 144 Å². The summed E-state index contributed by atoms with van der Waals surface area (Å²) in [6, 6.07) is 16.6. The van der Waals surface area contributed by atoms with Gasteiger partial charge in [-0.3, -0.25) is 4.90 Å². The first-order valence-electron chi connectivity index (χ1n) is 14.5. The van der Waals surface area contributed by atoms with Crippen molar-refractivity contribution in [3.63, 3.8) is 0 Å². The van der Waals surface area contributed by atoms with E-state index in [1.807, 2.05) is 48.8 Å². The minimum absolute atomic E-state index is 0.0792. The number of nitrogens with zero attached hydrogens (tertiary/aromatic N) is 2. The third kappa shape index (κ3) is 7.76. The number of benzene rings is 2. The fourth-order valence-corrected chi connectivity index (χ4v) is 7.04. The van der Waals surface area contributed by atoms with E-state index in [0.29, 0.717) is 22.8 Å². The minimum Gasteiger partial charge on any atom is -0.494 e. The number of pyridine rings is 1. The Balaban J connectivity index is 0.000000700. The number of aromatic nitrogens is 1. The van der Waals surface area contributed by atoms with Gasteiger partial charge in [-0.05, 0) is 84.0 Å². The Morgan fingerprint density at radius 1 is 0.933 bits per heavy atom. The van der Waals surface area contributed by atoms with Gasteiger partial charge in [0.2, 0.25) is 9.84 Å². The molecule has 240 valence electrons. The molecule has 0 aliphatic carbocycles. The summed E-state index contributed by atoms with van der Waals surface area (Å²) in [5.74, 6) is -1.36. The summed E-state index contributed by atoms with van der Waals surface area (Å²) in [5.41, 5.74) is 4.09. The second-order valence-electron chi connectivity index (χ2n) is 10.9. The van der Waals surface area contributed by atoms with Gasteiger partial charge in [0.15, 0.2) is 11.5 Å². The highest BCUT2D eigenvalue weighted by Crippen LogP contribution is 2.35. The Morgan fingerprint density at radius 2 is 1.58 bits per heavy atom. The SMILES string of the molecule is COc1cc2c(cc1OC)CN(CCCOc1ccc(S(=O)(=O)c3c(C(C)C)cn4ccccc34)cc1)CC2.O=C(O)C(=O)O. The van der Waals surface area contributed by atoms with Gasteiger partial charge >= 0.3 is 11.9 Å². The highest BCUT2D eigenvalue weighted by Gasteiger charge is 2.27. The molecule has 2 N–H and O–H groups in total. The van der Waals surface area contributed by atoms with Crippen LogP contribution in [0.1, 0.15) is 42.9 Å². The van der Waals surface area contributed by atoms with Crippen LogP contribution in [-0.4, -0.2) is 73.8 Å². The molecule has 0 atom stereocenters. The second kappa shape index (κ2) is 14.5. The van der Waals surface area contributed by atoms with Crippen molar-refractivity contribution >= 4 is 27.3 Å². The number of carboxylic acids is 2. The standard InChI is InChI=1S/C31H36N2O5S.C2H2O4/c1-22(2)27-21-33-15-6-5-8-28(33)31(27)39(34,35)26-11-9-25(10-12-26)38-17-7-14-32-16-13-23-18-29(36-3)30(37-4)19-24(23)20-32;3-1(4)2(5)6/h5-6,8-12,15,18-19,21-22H,7,13-14,16-17,20H2,1-4H3;(H,3,4)(H,5,6). The zero-order valence-corrected chi connectivity index (χ0v) is 26.5. The average Bonchev–Trinajstić information content (AvgIpc) is 3.44. The summed E-state index contributed by atoms with van der Waals surface area (Å²) in [5, 5.41) is 14.8. The predicted molar refractivity (Wildman–Crippen MR) is 167 cm³/mol. The number of aliphatic carboxylic acids is 2. The van der Waals surface area contributed by atoms with E-state index in [9.17, 15) is 8.42 Å². The van der Waals surface area contributed by atoms with E-state index >= 15 is 0 Å². The molecule has 3 heterocycles. The van der Waals surface area contributed by atoms with E-state index < -0.39 is 21.8 Å². The normalized spacial score (nSPS) is 13.1. The molecule has 0 unspecified atom stereocenters. The zero-order chi connectivity index (χ0) is 32.7. The van der Waals surface area contributed by atoms with Crippen LogP contribution in [0, 0.1) is 0 Å². The summed E-state index contributed by atoms with van der Waals surface area (Å²) in [6.07, 6.45) is 5.64. The molecule has 45 heavy (non-hydrogen) atoms. The van der Waals surface area contributed by atoms with Gasteiger partial charge in [0.25, 0.3) is 0 Å². The van der Waals surface area contributed by atoms with E-state index in [1.165, 1.54) is 11.1 Å². The Morgan fingerprint density at radius 3 is 2.18 bits per heavy atom. The van der Waals surface area contributed by atoms with Gasteiger partial charge in [0, 0.05) is 32.0 Å². The molecule has 1 aliphatic heterocycles. The van der Waals surface area contributed by atoms with Gasteiger partial charge < -0.3 is 28.8 Å². The van der Waals surface area contributed by atoms with E-state index in [2.05, 4.69) is 17.0 Å². The fraction of sp³-hybridized carbons (Fsp3) is 0.333. The first-order chi connectivity index (χ1) is 21.5. The summed E-state index contributed by atoms with van der Waals surface area (Å²) >= 11 is 0. The van der Waals surface area contributed by atoms with Crippen LogP contribution in [0.4, 0.5) is 0 Å². The third-order valence-electron chi connectivity index (χ3n) is 7.56. The van der Waals surface area contributed by atoms with Crippen LogP contribution in [-0.2, 0) is 32.4 Å². The number of carbonyl (C=O) groups is 2. The Labute approximate surface area is 262 Å². The number of rotatable bonds is 10. The number of sulfone groups is 1. The first-order valence-corrected chi connectivity index (χ1v) is 15.9. The lowest BCUT2D eigenvalue weighted by molar-refractivity contribution is -0.159. The molecular formula is C33H38N2O9S. The van der Waals surface area contributed by atoms with Gasteiger partial charge in [-0.25, -0.2) is 18.0 Å². The first kappa shape index (κ1) is 33.3. The Kier molecular flexibility index (Phi) is 10.7. The zero-order valence-electron chi connectivity index (χ0n) is 25.7. The molecule has 4 aromatic rings. The van der Waals surface area contributed by atoms with Crippen molar-refractivity contribution < 1.29 is 42.4 Å². The second-order valence-corrected chi connectivity index (χ2v) is 12.7. The number of methoxy groups -OCH3 is 2. The van der Waals surface area contributed by atoms with Crippen molar-refractivity contribution in [1.82, 2.24) is 9.30 Å². The van der Waals surface area contributed by atoms with Gasteiger partial charge in [-0.1, -0.05) is 19.9 Å². The van der Waals surface area contributed by atoms with Crippen LogP contribution in [0.3, 0.4) is 0 Å². The highest BCUT2D eigenvalue weighted by atomic mass is 32.2. The maximum absolute atomic E-state index is 13.7. The molecule has 0 amide bonds. The summed E-state index contributed by atoms with van der Waals surface area (Å²) < 4.78 is 46.1.